The van der Waals surface area contributed by atoms with Crippen LogP contribution < -0.4 is 5.32 Å². The van der Waals surface area contributed by atoms with Crippen LogP contribution in [0.25, 0.3) is 10.9 Å². The average Bonchev–Trinajstić information content (AvgIpc) is 2.78. The van der Waals surface area contributed by atoms with Gasteiger partial charge in [0.1, 0.15) is 0 Å². The maximum Gasteiger partial charge on any atom is 0.0568 e. The van der Waals surface area contributed by atoms with Crippen molar-refractivity contribution in [1.29, 1.82) is 0 Å². The quantitative estimate of drug-likeness (QED) is 0.687. The number of nitrogens with zero attached hydrogens (tertiary/aromatic N) is 1. The molecule has 0 saturated heterocycles. The lowest BCUT2D eigenvalue weighted by molar-refractivity contribution is 0.956. The zero-order valence-corrected chi connectivity index (χ0v) is 13.4. The van der Waals surface area contributed by atoms with Gasteiger partial charge in [-0.1, -0.05) is 29.8 Å². The predicted molar refractivity (Wildman–Crippen MR) is 89.4 cm³/mol. The molecule has 0 aliphatic carbocycles. The van der Waals surface area contributed by atoms with Crippen LogP contribution in [0.2, 0.25) is 5.02 Å². The summed E-state index contributed by atoms with van der Waals surface area (Å²) in [5, 5.41) is 5.41. The highest BCUT2D eigenvalue weighted by atomic mass is 79.9. The normalized spacial score (nSPS) is 10.9. The Balaban J connectivity index is 1.85. The van der Waals surface area contributed by atoms with Gasteiger partial charge in [0.25, 0.3) is 0 Å². The third kappa shape index (κ3) is 2.56. The van der Waals surface area contributed by atoms with Gasteiger partial charge < -0.3 is 9.88 Å². The molecule has 0 saturated carbocycles. The molecule has 0 spiro atoms. The number of nitrogens with one attached hydrogen (secondary N) is 1. The van der Waals surface area contributed by atoms with E-state index in [9.17, 15) is 0 Å². The van der Waals surface area contributed by atoms with Gasteiger partial charge in [-0.05, 0) is 45.8 Å². The first-order valence-electron chi connectivity index (χ1n) is 6.37. The van der Waals surface area contributed by atoms with Gasteiger partial charge in [-0.3, -0.25) is 0 Å². The second kappa shape index (κ2) is 5.51. The van der Waals surface area contributed by atoms with E-state index in [-0.39, 0.29) is 0 Å². The summed E-state index contributed by atoms with van der Waals surface area (Å²) in [5.41, 5.74) is 3.55. The smallest absolute Gasteiger partial charge is 0.0568 e. The molecule has 3 rings (SSSR count). The first-order valence-corrected chi connectivity index (χ1v) is 7.54. The van der Waals surface area contributed by atoms with E-state index in [4.69, 9.17) is 11.6 Å². The summed E-state index contributed by atoms with van der Waals surface area (Å²) in [6.07, 6.45) is 2.16. The van der Waals surface area contributed by atoms with Crippen LogP contribution in [-0.4, -0.2) is 4.57 Å². The van der Waals surface area contributed by atoms with E-state index in [0.717, 1.165) is 16.7 Å². The third-order valence-corrected chi connectivity index (χ3v) is 4.61. The molecule has 0 unspecified atom stereocenters. The van der Waals surface area contributed by atoms with Gasteiger partial charge in [-0.25, -0.2) is 0 Å². The van der Waals surface area contributed by atoms with Gasteiger partial charge in [0.15, 0.2) is 0 Å². The second-order valence-electron chi connectivity index (χ2n) is 4.76. The molecule has 102 valence electrons. The van der Waals surface area contributed by atoms with Gasteiger partial charge in [0.05, 0.1) is 5.02 Å². The Labute approximate surface area is 131 Å². The summed E-state index contributed by atoms with van der Waals surface area (Å²) in [5.74, 6) is 0. The topological polar surface area (TPSA) is 17.0 Å². The Bertz CT molecular complexity index is 764. The first-order chi connectivity index (χ1) is 9.65. The van der Waals surface area contributed by atoms with Gasteiger partial charge in [-0.15, -0.1) is 0 Å². The highest BCUT2D eigenvalue weighted by molar-refractivity contribution is 9.10. The number of anilines is 1. The fourth-order valence-corrected chi connectivity index (χ4v) is 2.80. The fraction of sp³-hybridized carbons (Fsp3) is 0.125. The van der Waals surface area contributed by atoms with Gasteiger partial charge in [-0.2, -0.15) is 0 Å². The Kier molecular flexibility index (Phi) is 3.72. The molecule has 2 nitrogen and oxygen atoms in total. The molecule has 0 fully saturated rings. The van der Waals surface area contributed by atoms with Crippen LogP contribution in [0.4, 0.5) is 5.69 Å². The highest BCUT2D eigenvalue weighted by Crippen LogP contribution is 2.26. The number of hydrogen-bond acceptors (Lipinski definition) is 1. The molecule has 1 N–H and O–H groups in total. The number of aryl methyl sites for hydroxylation is 1. The van der Waals surface area contributed by atoms with Crippen molar-refractivity contribution in [2.75, 3.05) is 5.32 Å². The monoisotopic (exact) mass is 348 g/mol. The molecule has 20 heavy (non-hydrogen) atoms. The minimum Gasteiger partial charge on any atom is -0.381 e. The standard InChI is InChI=1S/C16H14BrClN2/c1-20-10-11(13-4-2-3-5-16(13)20)9-19-12-6-7-14(17)15(18)8-12/h2-8,10,19H,9H2,1H3. The molecule has 4 heteroatoms. The molecule has 2 aromatic carbocycles. The minimum atomic E-state index is 0.716. The van der Waals surface area contributed by atoms with E-state index in [0.29, 0.717) is 5.02 Å². The molecule has 0 atom stereocenters. The lowest BCUT2D eigenvalue weighted by Crippen LogP contribution is -1.98. The minimum absolute atomic E-state index is 0.716. The Morgan fingerprint density at radius 1 is 1.20 bits per heavy atom. The van der Waals surface area contributed by atoms with E-state index in [1.54, 1.807) is 0 Å². The van der Waals surface area contributed by atoms with E-state index in [1.807, 2.05) is 18.2 Å². The van der Waals surface area contributed by atoms with Crippen LogP contribution in [0.15, 0.2) is 53.1 Å². The largest absolute Gasteiger partial charge is 0.381 e. The molecule has 0 aliphatic rings. The second-order valence-corrected chi connectivity index (χ2v) is 6.03. The lowest BCUT2D eigenvalue weighted by atomic mass is 10.2. The number of aromatic nitrogens is 1. The molecular weight excluding hydrogens is 336 g/mol. The van der Waals surface area contributed by atoms with Crippen molar-refractivity contribution < 1.29 is 0 Å². The van der Waals surface area contributed by atoms with E-state index >= 15 is 0 Å². The third-order valence-electron chi connectivity index (χ3n) is 3.38. The molecule has 0 amide bonds. The number of rotatable bonds is 3. The van der Waals surface area contributed by atoms with Crippen molar-refractivity contribution in [3.8, 4) is 0 Å². The predicted octanol–water partition coefficient (Wildman–Crippen LogP) is 5.21. The number of benzene rings is 2. The van der Waals surface area contributed by atoms with Crippen molar-refractivity contribution >= 4 is 44.1 Å². The average molecular weight is 350 g/mol. The van der Waals surface area contributed by atoms with Crippen LogP contribution >= 0.6 is 27.5 Å². The molecule has 0 aliphatic heterocycles. The van der Waals surface area contributed by atoms with Crippen LogP contribution in [0.1, 0.15) is 5.56 Å². The Morgan fingerprint density at radius 3 is 2.80 bits per heavy atom. The van der Waals surface area contributed by atoms with Crippen molar-refractivity contribution in [1.82, 2.24) is 4.57 Å². The van der Waals surface area contributed by atoms with Crippen LogP contribution in [0, 0.1) is 0 Å². The SMILES string of the molecule is Cn1cc(CNc2ccc(Br)c(Cl)c2)c2ccccc21. The van der Waals surface area contributed by atoms with Crippen molar-refractivity contribution in [3.05, 3.63) is 63.7 Å². The zero-order valence-electron chi connectivity index (χ0n) is 11.0. The van der Waals surface area contributed by atoms with Crippen LogP contribution in [-0.2, 0) is 13.6 Å². The highest BCUT2D eigenvalue weighted by Gasteiger charge is 2.06. The molecule has 1 aromatic heterocycles. The molecule has 0 radical (unpaired) electrons. The van der Waals surface area contributed by atoms with E-state index < -0.39 is 0 Å². The van der Waals surface area contributed by atoms with Gasteiger partial charge in [0.2, 0.25) is 0 Å². The number of para-hydroxylation sites is 1. The van der Waals surface area contributed by atoms with Crippen LogP contribution in [0.5, 0.6) is 0 Å². The van der Waals surface area contributed by atoms with E-state index in [1.165, 1.54) is 16.5 Å². The summed E-state index contributed by atoms with van der Waals surface area (Å²) in [4.78, 5) is 0. The molecule has 1 heterocycles. The summed E-state index contributed by atoms with van der Waals surface area (Å²) < 4.78 is 3.07. The van der Waals surface area contributed by atoms with Gasteiger partial charge >= 0.3 is 0 Å². The maximum atomic E-state index is 6.10. The Morgan fingerprint density at radius 2 is 2.00 bits per heavy atom. The summed E-state index contributed by atoms with van der Waals surface area (Å²) in [6.45, 7) is 0.777. The lowest BCUT2D eigenvalue weighted by Gasteiger charge is -2.07. The first kappa shape index (κ1) is 13.5. The van der Waals surface area contributed by atoms with Crippen molar-refractivity contribution in [2.45, 2.75) is 6.54 Å². The van der Waals surface area contributed by atoms with Gasteiger partial charge in [0, 0.05) is 40.9 Å². The van der Waals surface area contributed by atoms with Crippen LogP contribution in [0.3, 0.4) is 0 Å². The van der Waals surface area contributed by atoms with Crippen molar-refractivity contribution in [2.24, 2.45) is 7.05 Å². The summed E-state index contributed by atoms with van der Waals surface area (Å²) in [6, 6.07) is 14.3. The number of hydrogen-bond donors (Lipinski definition) is 1. The maximum absolute atomic E-state index is 6.10. The summed E-state index contributed by atoms with van der Waals surface area (Å²) in [7, 11) is 2.07. The molecular formula is C16H14BrClN2. The van der Waals surface area contributed by atoms with E-state index in [2.05, 4.69) is 63.3 Å². The Hall–Kier alpha value is -1.45. The number of fused-ring (bicyclic) bond motifs is 1. The fourth-order valence-electron chi connectivity index (χ4n) is 2.37. The summed E-state index contributed by atoms with van der Waals surface area (Å²) >= 11 is 9.50. The zero-order chi connectivity index (χ0) is 14.1. The van der Waals surface area contributed by atoms with Crippen molar-refractivity contribution in [3.63, 3.8) is 0 Å². The molecule has 0 bridgehead atoms. The molecule has 3 aromatic rings. The number of halogens is 2.